The summed E-state index contributed by atoms with van der Waals surface area (Å²) in [6.45, 7) is 1.38. The molecule has 0 radical (unpaired) electrons. The van der Waals surface area contributed by atoms with E-state index in [0.717, 1.165) is 37.6 Å². The van der Waals surface area contributed by atoms with Gasteiger partial charge in [-0.15, -0.1) is 0 Å². The van der Waals surface area contributed by atoms with E-state index in [1.807, 2.05) is 35.2 Å². The Labute approximate surface area is 161 Å². The quantitative estimate of drug-likeness (QED) is 0.819. The normalized spacial score (nSPS) is 18.3. The predicted molar refractivity (Wildman–Crippen MR) is 108 cm³/mol. The van der Waals surface area contributed by atoms with E-state index in [1.165, 1.54) is 12.1 Å². The lowest BCUT2D eigenvalue weighted by Crippen LogP contribution is -2.42. The molecule has 0 spiro atoms. The highest BCUT2D eigenvalue weighted by Crippen LogP contribution is 2.31. The third kappa shape index (κ3) is 4.81. The first kappa shape index (κ1) is 19.7. The van der Waals surface area contributed by atoms with Gasteiger partial charge in [-0.3, -0.25) is 0 Å². The van der Waals surface area contributed by atoms with Gasteiger partial charge in [-0.05, 0) is 43.2 Å². The van der Waals surface area contributed by atoms with Crippen LogP contribution in [0.4, 0.5) is 11.4 Å². The van der Waals surface area contributed by atoms with Crippen molar-refractivity contribution in [2.45, 2.75) is 28.7 Å². The van der Waals surface area contributed by atoms with E-state index in [2.05, 4.69) is 5.32 Å². The second kappa shape index (κ2) is 7.52. The van der Waals surface area contributed by atoms with Crippen molar-refractivity contribution in [3.63, 3.8) is 0 Å². The molecule has 0 amide bonds. The van der Waals surface area contributed by atoms with Crippen molar-refractivity contribution < 1.29 is 16.8 Å². The fourth-order valence-corrected chi connectivity index (χ4v) is 5.01. The molecule has 2 aromatic rings. The first-order chi connectivity index (χ1) is 12.6. The summed E-state index contributed by atoms with van der Waals surface area (Å²) >= 11 is 0. The lowest BCUT2D eigenvalue weighted by molar-refractivity contribution is 0.527. The molecule has 2 aromatic carbocycles. The molecule has 1 saturated heterocycles. The minimum Gasteiger partial charge on any atom is -0.381 e. The van der Waals surface area contributed by atoms with E-state index < -0.39 is 19.7 Å². The molecule has 3 rings (SSSR count). The zero-order chi connectivity index (χ0) is 19.7. The molecule has 6 nitrogen and oxygen atoms in total. The highest BCUT2D eigenvalue weighted by atomic mass is 32.2. The number of piperidine rings is 1. The van der Waals surface area contributed by atoms with Gasteiger partial charge >= 0.3 is 0 Å². The van der Waals surface area contributed by atoms with Crippen molar-refractivity contribution in [3.8, 4) is 0 Å². The lowest BCUT2D eigenvalue weighted by Gasteiger charge is -2.36. The Morgan fingerprint density at radius 3 is 2.30 bits per heavy atom. The van der Waals surface area contributed by atoms with E-state index in [4.69, 9.17) is 0 Å². The van der Waals surface area contributed by atoms with E-state index in [1.54, 1.807) is 6.07 Å². The number of benzene rings is 2. The Kier molecular flexibility index (Phi) is 5.48. The van der Waals surface area contributed by atoms with Crippen LogP contribution in [0.5, 0.6) is 0 Å². The maximum absolute atomic E-state index is 12.3. The van der Waals surface area contributed by atoms with Crippen LogP contribution in [0.15, 0.2) is 58.3 Å². The summed E-state index contributed by atoms with van der Waals surface area (Å²) in [4.78, 5) is 2.10. The monoisotopic (exact) mass is 408 g/mol. The SMILES string of the molecule is CS(=O)(=O)c1ccc(N2CCCC(Nc3ccccc3)C2)c(S(C)(=O)=O)c1. The molecule has 1 aliphatic heterocycles. The van der Waals surface area contributed by atoms with Gasteiger partial charge in [0.25, 0.3) is 0 Å². The van der Waals surface area contributed by atoms with Gasteiger partial charge < -0.3 is 10.2 Å². The van der Waals surface area contributed by atoms with Crippen LogP contribution >= 0.6 is 0 Å². The number of rotatable bonds is 5. The van der Waals surface area contributed by atoms with Gasteiger partial charge in [-0.1, -0.05) is 18.2 Å². The molecule has 8 heteroatoms. The van der Waals surface area contributed by atoms with Gasteiger partial charge in [0.1, 0.15) is 0 Å². The van der Waals surface area contributed by atoms with Crippen LogP contribution in [-0.4, -0.2) is 48.5 Å². The van der Waals surface area contributed by atoms with Gasteiger partial charge in [0.05, 0.1) is 15.5 Å². The van der Waals surface area contributed by atoms with Crippen molar-refractivity contribution in [3.05, 3.63) is 48.5 Å². The molecule has 1 aliphatic rings. The molecule has 0 aliphatic carbocycles. The summed E-state index contributed by atoms with van der Waals surface area (Å²) in [6.07, 6.45) is 4.10. The van der Waals surface area contributed by atoms with Crippen LogP contribution in [-0.2, 0) is 19.7 Å². The highest BCUT2D eigenvalue weighted by Gasteiger charge is 2.26. The Morgan fingerprint density at radius 1 is 0.963 bits per heavy atom. The van der Waals surface area contributed by atoms with Crippen LogP contribution in [0.1, 0.15) is 12.8 Å². The molecule has 0 bridgehead atoms. The van der Waals surface area contributed by atoms with Crippen LogP contribution < -0.4 is 10.2 Å². The van der Waals surface area contributed by atoms with Crippen LogP contribution in [0.2, 0.25) is 0 Å². The van der Waals surface area contributed by atoms with Gasteiger partial charge in [0.15, 0.2) is 19.7 Å². The molecular weight excluding hydrogens is 384 g/mol. The molecule has 27 heavy (non-hydrogen) atoms. The van der Waals surface area contributed by atoms with Crippen LogP contribution in [0.25, 0.3) is 0 Å². The Hall–Kier alpha value is -2.06. The standard InChI is InChI=1S/C19H24N2O4S2/c1-26(22,23)17-10-11-18(19(13-17)27(2,24)25)21-12-6-9-16(14-21)20-15-7-4-3-5-8-15/h3-5,7-8,10-11,13,16,20H,6,9,12,14H2,1-2H3. The molecular formula is C19H24N2O4S2. The zero-order valence-electron chi connectivity index (χ0n) is 15.4. The number of hydrogen-bond acceptors (Lipinski definition) is 6. The largest absolute Gasteiger partial charge is 0.381 e. The molecule has 1 atom stereocenters. The molecule has 1 fully saturated rings. The number of para-hydroxylation sites is 1. The molecule has 1 unspecified atom stereocenters. The first-order valence-electron chi connectivity index (χ1n) is 8.75. The van der Waals surface area contributed by atoms with Gasteiger partial charge in [0, 0.05) is 37.3 Å². The maximum atomic E-state index is 12.3. The van der Waals surface area contributed by atoms with E-state index >= 15 is 0 Å². The predicted octanol–water partition coefficient (Wildman–Crippen LogP) is 2.57. The van der Waals surface area contributed by atoms with Gasteiger partial charge in [-0.2, -0.15) is 0 Å². The molecule has 0 aromatic heterocycles. The first-order valence-corrected chi connectivity index (χ1v) is 12.5. The average molecular weight is 409 g/mol. The summed E-state index contributed by atoms with van der Waals surface area (Å²) in [5.74, 6) is 0. The van der Waals surface area contributed by atoms with Crippen LogP contribution in [0, 0.1) is 0 Å². The summed E-state index contributed by atoms with van der Waals surface area (Å²) in [5.41, 5.74) is 1.59. The lowest BCUT2D eigenvalue weighted by atomic mass is 10.0. The van der Waals surface area contributed by atoms with E-state index in [-0.39, 0.29) is 15.8 Å². The number of nitrogens with zero attached hydrogens (tertiary/aromatic N) is 1. The maximum Gasteiger partial charge on any atom is 0.177 e. The zero-order valence-corrected chi connectivity index (χ0v) is 17.1. The van der Waals surface area contributed by atoms with E-state index in [9.17, 15) is 16.8 Å². The Balaban J connectivity index is 1.90. The number of nitrogens with one attached hydrogen (secondary N) is 1. The van der Waals surface area contributed by atoms with Crippen molar-refractivity contribution in [2.24, 2.45) is 0 Å². The van der Waals surface area contributed by atoms with Crippen LogP contribution in [0.3, 0.4) is 0 Å². The summed E-state index contributed by atoms with van der Waals surface area (Å²) in [7, 11) is -7.05. The van der Waals surface area contributed by atoms with Crippen molar-refractivity contribution in [1.29, 1.82) is 0 Å². The number of sulfone groups is 2. The second-order valence-electron chi connectivity index (χ2n) is 6.97. The van der Waals surface area contributed by atoms with Crippen molar-refractivity contribution >= 4 is 31.0 Å². The minimum atomic E-state index is -3.57. The number of hydrogen-bond donors (Lipinski definition) is 1. The third-order valence-corrected chi connectivity index (χ3v) is 6.90. The molecule has 146 valence electrons. The fourth-order valence-electron chi connectivity index (χ4n) is 3.37. The number of anilines is 2. The van der Waals surface area contributed by atoms with Crippen molar-refractivity contribution in [2.75, 3.05) is 35.8 Å². The average Bonchev–Trinajstić information content (AvgIpc) is 2.61. The molecule has 0 saturated carbocycles. The fraction of sp³-hybridized carbons (Fsp3) is 0.368. The summed E-state index contributed by atoms with van der Waals surface area (Å²) in [6, 6.07) is 14.4. The Bertz CT molecular complexity index is 1020. The topological polar surface area (TPSA) is 83.6 Å². The minimum absolute atomic E-state index is 0.0163. The van der Waals surface area contributed by atoms with Crippen molar-refractivity contribution in [1.82, 2.24) is 0 Å². The van der Waals surface area contributed by atoms with Gasteiger partial charge in [0.2, 0.25) is 0 Å². The summed E-state index contributed by atoms with van der Waals surface area (Å²) < 4.78 is 48.3. The highest BCUT2D eigenvalue weighted by molar-refractivity contribution is 7.91. The Morgan fingerprint density at radius 2 is 1.67 bits per heavy atom. The van der Waals surface area contributed by atoms with Gasteiger partial charge in [-0.25, -0.2) is 16.8 Å². The second-order valence-corrected chi connectivity index (χ2v) is 11.0. The molecule has 1 heterocycles. The summed E-state index contributed by atoms with van der Waals surface area (Å²) in [5, 5.41) is 3.49. The third-order valence-electron chi connectivity index (χ3n) is 4.67. The smallest absolute Gasteiger partial charge is 0.177 e. The molecule has 1 N–H and O–H groups in total. The van der Waals surface area contributed by atoms with E-state index in [0.29, 0.717) is 12.2 Å².